The number of nitrogens with two attached hydrogens (primary N) is 1. The van der Waals surface area contributed by atoms with E-state index in [-0.39, 0.29) is 17.2 Å². The van der Waals surface area contributed by atoms with E-state index in [0.29, 0.717) is 5.56 Å². The molecule has 2 rings (SSSR count). The molecule has 1 unspecified atom stereocenters. The van der Waals surface area contributed by atoms with Crippen molar-refractivity contribution in [3.8, 4) is 0 Å². The van der Waals surface area contributed by atoms with Gasteiger partial charge in [-0.1, -0.05) is 42.5 Å². The highest BCUT2D eigenvalue weighted by Gasteiger charge is 2.32. The van der Waals surface area contributed by atoms with Crippen LogP contribution in [-0.4, -0.2) is 20.1 Å². The first-order chi connectivity index (χ1) is 9.89. The number of rotatable bonds is 5. The predicted octanol–water partition coefficient (Wildman–Crippen LogP) is 1.45. The van der Waals surface area contributed by atoms with Gasteiger partial charge in [0, 0.05) is 0 Å². The number of sulfonamides is 1. The number of hydrogen-bond donors (Lipinski definition) is 3. The molecule has 0 amide bonds. The maximum absolute atomic E-state index is 12.5. The van der Waals surface area contributed by atoms with Crippen LogP contribution in [0.4, 0.5) is 5.69 Å². The number of hydrogen-bond acceptors (Lipinski definition) is 4. The van der Waals surface area contributed by atoms with Crippen LogP contribution >= 0.6 is 0 Å². The van der Waals surface area contributed by atoms with Crippen LogP contribution in [0, 0.1) is 0 Å². The van der Waals surface area contributed by atoms with Gasteiger partial charge < -0.3 is 10.8 Å². The SMILES string of the molecule is CC(CO)(NS(=O)(=O)c1ccccc1N)c1ccccc1. The van der Waals surface area contributed by atoms with E-state index in [9.17, 15) is 13.5 Å². The zero-order valence-electron chi connectivity index (χ0n) is 11.7. The fraction of sp³-hybridized carbons (Fsp3) is 0.200. The average Bonchev–Trinajstić information content (AvgIpc) is 2.48. The molecule has 2 aromatic rings. The number of anilines is 1. The molecule has 0 aliphatic rings. The van der Waals surface area contributed by atoms with Crippen molar-refractivity contribution < 1.29 is 13.5 Å². The molecule has 6 heteroatoms. The van der Waals surface area contributed by atoms with Crippen molar-refractivity contribution in [1.82, 2.24) is 4.72 Å². The fourth-order valence-corrected chi connectivity index (χ4v) is 3.59. The Labute approximate surface area is 124 Å². The summed E-state index contributed by atoms with van der Waals surface area (Å²) >= 11 is 0. The second-order valence-electron chi connectivity index (χ2n) is 5.00. The van der Waals surface area contributed by atoms with Gasteiger partial charge in [0.05, 0.1) is 17.8 Å². The Balaban J connectivity index is 2.41. The molecular weight excluding hydrogens is 288 g/mol. The number of nitrogens with one attached hydrogen (secondary N) is 1. The van der Waals surface area contributed by atoms with Crippen LogP contribution < -0.4 is 10.5 Å². The number of para-hydroxylation sites is 1. The Morgan fingerprint density at radius 1 is 1.10 bits per heavy atom. The summed E-state index contributed by atoms with van der Waals surface area (Å²) in [4.78, 5) is 0.000561. The van der Waals surface area contributed by atoms with Gasteiger partial charge in [0.25, 0.3) is 0 Å². The fourth-order valence-electron chi connectivity index (χ4n) is 2.07. The minimum absolute atomic E-state index is 0.000561. The summed E-state index contributed by atoms with van der Waals surface area (Å²) < 4.78 is 27.5. The van der Waals surface area contributed by atoms with Gasteiger partial charge in [0.15, 0.2) is 0 Å². The van der Waals surface area contributed by atoms with Crippen molar-refractivity contribution in [2.75, 3.05) is 12.3 Å². The summed E-state index contributed by atoms with van der Waals surface area (Å²) in [5, 5.41) is 9.66. The second-order valence-corrected chi connectivity index (χ2v) is 6.65. The Morgan fingerprint density at radius 2 is 1.67 bits per heavy atom. The van der Waals surface area contributed by atoms with Gasteiger partial charge in [0.1, 0.15) is 4.90 Å². The first-order valence-corrected chi connectivity index (χ1v) is 7.92. The molecule has 1 atom stereocenters. The third-order valence-electron chi connectivity index (χ3n) is 3.30. The van der Waals surface area contributed by atoms with E-state index < -0.39 is 15.6 Å². The Morgan fingerprint density at radius 3 is 2.24 bits per heavy atom. The molecule has 0 bridgehead atoms. The molecule has 0 radical (unpaired) electrons. The van der Waals surface area contributed by atoms with Crippen molar-refractivity contribution in [2.24, 2.45) is 0 Å². The maximum Gasteiger partial charge on any atom is 0.243 e. The number of nitrogen functional groups attached to an aromatic ring is 1. The number of benzene rings is 2. The lowest BCUT2D eigenvalue weighted by Crippen LogP contribution is -2.46. The van der Waals surface area contributed by atoms with Gasteiger partial charge in [-0.05, 0) is 24.6 Å². The Hall–Kier alpha value is -1.89. The van der Waals surface area contributed by atoms with Crippen LogP contribution in [0.1, 0.15) is 12.5 Å². The monoisotopic (exact) mass is 306 g/mol. The first-order valence-electron chi connectivity index (χ1n) is 6.44. The van der Waals surface area contributed by atoms with Gasteiger partial charge in [0.2, 0.25) is 10.0 Å². The van der Waals surface area contributed by atoms with Crippen LogP contribution in [0.5, 0.6) is 0 Å². The molecule has 112 valence electrons. The zero-order chi connectivity index (χ0) is 15.5. The van der Waals surface area contributed by atoms with E-state index in [1.54, 1.807) is 43.3 Å². The third-order valence-corrected chi connectivity index (χ3v) is 4.97. The predicted molar refractivity (Wildman–Crippen MR) is 82.1 cm³/mol. The smallest absolute Gasteiger partial charge is 0.243 e. The molecule has 0 saturated heterocycles. The number of aliphatic hydroxyl groups is 1. The van der Waals surface area contributed by atoms with E-state index in [2.05, 4.69) is 4.72 Å². The summed E-state index contributed by atoms with van der Waals surface area (Å²) in [5.74, 6) is 0. The lowest BCUT2D eigenvalue weighted by atomic mass is 9.94. The molecule has 0 aliphatic heterocycles. The summed E-state index contributed by atoms with van der Waals surface area (Å²) in [6.45, 7) is 1.25. The van der Waals surface area contributed by atoms with Gasteiger partial charge >= 0.3 is 0 Å². The van der Waals surface area contributed by atoms with Crippen molar-refractivity contribution in [1.29, 1.82) is 0 Å². The van der Waals surface area contributed by atoms with Crippen LogP contribution in [0.2, 0.25) is 0 Å². The molecule has 0 fully saturated rings. The highest BCUT2D eigenvalue weighted by molar-refractivity contribution is 7.89. The lowest BCUT2D eigenvalue weighted by Gasteiger charge is -2.29. The molecular formula is C15H18N2O3S. The van der Waals surface area contributed by atoms with Crippen molar-refractivity contribution in [2.45, 2.75) is 17.4 Å². The molecule has 0 saturated carbocycles. The van der Waals surface area contributed by atoms with Crippen LogP contribution in [-0.2, 0) is 15.6 Å². The van der Waals surface area contributed by atoms with Crippen LogP contribution in [0.15, 0.2) is 59.5 Å². The van der Waals surface area contributed by atoms with Crippen molar-refractivity contribution >= 4 is 15.7 Å². The summed E-state index contributed by atoms with van der Waals surface area (Å²) in [5.41, 5.74) is 5.44. The van der Waals surface area contributed by atoms with E-state index >= 15 is 0 Å². The molecule has 0 aliphatic carbocycles. The van der Waals surface area contributed by atoms with E-state index in [1.807, 2.05) is 6.07 Å². The van der Waals surface area contributed by atoms with Crippen LogP contribution in [0.3, 0.4) is 0 Å². The Kier molecular flexibility index (Phi) is 4.32. The average molecular weight is 306 g/mol. The lowest BCUT2D eigenvalue weighted by molar-refractivity contribution is 0.196. The summed E-state index contributed by atoms with van der Waals surface area (Å²) in [6.07, 6.45) is 0. The van der Waals surface area contributed by atoms with Gasteiger partial charge in [-0.15, -0.1) is 0 Å². The molecule has 5 nitrogen and oxygen atoms in total. The van der Waals surface area contributed by atoms with Crippen molar-refractivity contribution in [3.63, 3.8) is 0 Å². The van der Waals surface area contributed by atoms with Gasteiger partial charge in [-0.25, -0.2) is 8.42 Å². The second kappa shape index (κ2) is 5.85. The van der Waals surface area contributed by atoms with Gasteiger partial charge in [-0.2, -0.15) is 4.72 Å². The van der Waals surface area contributed by atoms with E-state index in [1.165, 1.54) is 12.1 Å². The first kappa shape index (κ1) is 15.5. The Bertz CT molecular complexity index is 717. The third kappa shape index (κ3) is 3.24. The largest absolute Gasteiger partial charge is 0.398 e. The van der Waals surface area contributed by atoms with E-state index in [0.717, 1.165) is 0 Å². The van der Waals surface area contributed by atoms with E-state index in [4.69, 9.17) is 5.73 Å². The topological polar surface area (TPSA) is 92.4 Å². The maximum atomic E-state index is 12.5. The molecule has 4 N–H and O–H groups in total. The minimum Gasteiger partial charge on any atom is -0.398 e. The highest BCUT2D eigenvalue weighted by Crippen LogP contribution is 2.25. The quantitative estimate of drug-likeness (QED) is 0.729. The van der Waals surface area contributed by atoms with Crippen LogP contribution in [0.25, 0.3) is 0 Å². The standard InChI is InChI=1S/C15H18N2O3S/c1-15(11-18,12-7-3-2-4-8-12)17-21(19,20)14-10-6-5-9-13(14)16/h2-10,17-18H,11,16H2,1H3. The molecule has 0 aromatic heterocycles. The molecule has 0 heterocycles. The number of aliphatic hydroxyl groups excluding tert-OH is 1. The summed E-state index contributed by atoms with van der Waals surface area (Å²) in [6, 6.07) is 15.1. The van der Waals surface area contributed by atoms with Gasteiger partial charge in [-0.3, -0.25) is 0 Å². The molecule has 0 spiro atoms. The van der Waals surface area contributed by atoms with Crippen molar-refractivity contribution in [3.05, 3.63) is 60.2 Å². The molecule has 2 aromatic carbocycles. The highest BCUT2D eigenvalue weighted by atomic mass is 32.2. The minimum atomic E-state index is -3.84. The zero-order valence-corrected chi connectivity index (χ0v) is 12.5. The molecule has 21 heavy (non-hydrogen) atoms. The summed E-state index contributed by atoms with van der Waals surface area (Å²) in [7, 11) is -3.84. The normalized spacial score (nSPS) is 14.6.